The standard InChI is InChI=1S/C54H42/c1-3-5-19-37-39-21-7-11-25-43(39)51(44-26-12-8-22-40(37)44)33-35-53-47-29-15-17-31-49(47)54(50-32-18-16-30-48(50)53)36-34-52-45-27-13-9-23-41(45)38(20-6-4-2)42-24-10-14-28-46(42)52/h7-18,21-32H,3-6,19-20H2,1-2H3. The molecule has 0 heteroatoms. The molecular formula is C54H42. The maximum atomic E-state index is 3.77. The van der Waals surface area contributed by atoms with Gasteiger partial charge in [-0.05, 0) is 101 Å². The SMILES string of the molecule is CCCCc1c2ccccc2c(C#Cc2c3ccccc3c(C#Cc3c4ccccc4c(CCCC)c4ccccc34)c3ccccc23)c2ccccc12. The molecule has 9 aromatic rings. The highest BCUT2D eigenvalue weighted by atomic mass is 14.2. The van der Waals surface area contributed by atoms with Crippen molar-refractivity contribution < 1.29 is 0 Å². The van der Waals surface area contributed by atoms with Gasteiger partial charge in [-0.15, -0.1) is 0 Å². The fourth-order valence-electron chi connectivity index (χ4n) is 8.60. The Balaban J connectivity index is 1.28. The second-order valence-electron chi connectivity index (χ2n) is 14.4. The average molecular weight is 691 g/mol. The van der Waals surface area contributed by atoms with Gasteiger partial charge in [0.1, 0.15) is 0 Å². The van der Waals surface area contributed by atoms with Crippen LogP contribution in [-0.4, -0.2) is 0 Å². The molecule has 9 aromatic carbocycles. The van der Waals surface area contributed by atoms with Gasteiger partial charge in [0.2, 0.25) is 0 Å². The van der Waals surface area contributed by atoms with Crippen molar-refractivity contribution in [2.75, 3.05) is 0 Å². The van der Waals surface area contributed by atoms with Crippen LogP contribution in [0.15, 0.2) is 146 Å². The molecule has 0 N–H and O–H groups in total. The van der Waals surface area contributed by atoms with Crippen LogP contribution in [0.3, 0.4) is 0 Å². The molecule has 9 rings (SSSR count). The summed E-state index contributed by atoms with van der Waals surface area (Å²) in [5, 5.41) is 14.7. The van der Waals surface area contributed by atoms with E-state index in [0.29, 0.717) is 0 Å². The third-order valence-corrected chi connectivity index (χ3v) is 11.2. The zero-order valence-corrected chi connectivity index (χ0v) is 31.1. The van der Waals surface area contributed by atoms with E-state index in [4.69, 9.17) is 0 Å². The molecule has 0 aliphatic heterocycles. The van der Waals surface area contributed by atoms with Crippen LogP contribution in [0.4, 0.5) is 0 Å². The number of fused-ring (bicyclic) bond motifs is 6. The van der Waals surface area contributed by atoms with Crippen LogP contribution in [0.25, 0.3) is 64.6 Å². The third kappa shape index (κ3) is 5.77. The summed E-state index contributed by atoms with van der Waals surface area (Å²) in [4.78, 5) is 0. The molecule has 0 aliphatic rings. The Bertz CT molecular complexity index is 2650. The molecule has 0 heterocycles. The minimum atomic E-state index is 1.05. The fraction of sp³-hybridized carbons (Fsp3) is 0.148. The lowest BCUT2D eigenvalue weighted by Gasteiger charge is -2.15. The molecule has 0 nitrogen and oxygen atoms in total. The third-order valence-electron chi connectivity index (χ3n) is 11.2. The summed E-state index contributed by atoms with van der Waals surface area (Å²) in [5.41, 5.74) is 7.16. The van der Waals surface area contributed by atoms with Crippen LogP contribution in [0, 0.1) is 23.7 Å². The van der Waals surface area contributed by atoms with Gasteiger partial charge in [-0.1, -0.05) is 196 Å². The highest BCUT2D eigenvalue weighted by molar-refractivity contribution is 6.12. The summed E-state index contributed by atoms with van der Waals surface area (Å²) >= 11 is 0. The van der Waals surface area contributed by atoms with Crippen LogP contribution >= 0.6 is 0 Å². The molecule has 0 bridgehead atoms. The van der Waals surface area contributed by atoms with Crippen molar-refractivity contribution in [3.05, 3.63) is 179 Å². The number of aryl methyl sites for hydroxylation is 2. The van der Waals surface area contributed by atoms with Gasteiger partial charge in [0.05, 0.1) is 0 Å². The van der Waals surface area contributed by atoms with Crippen LogP contribution in [-0.2, 0) is 12.8 Å². The van der Waals surface area contributed by atoms with E-state index in [1.807, 2.05) is 0 Å². The molecule has 0 saturated heterocycles. The smallest absolute Gasteiger partial charge is 0.0406 e. The Labute approximate surface area is 318 Å². The molecule has 0 unspecified atom stereocenters. The summed E-state index contributed by atoms with van der Waals surface area (Å²) in [6, 6.07) is 52.7. The number of unbranched alkanes of at least 4 members (excludes halogenated alkanes) is 2. The highest BCUT2D eigenvalue weighted by Crippen LogP contribution is 2.37. The number of rotatable bonds is 6. The van der Waals surface area contributed by atoms with Gasteiger partial charge < -0.3 is 0 Å². The minimum Gasteiger partial charge on any atom is -0.0654 e. The number of hydrogen-bond acceptors (Lipinski definition) is 0. The molecule has 0 saturated carbocycles. The molecular weight excluding hydrogens is 649 g/mol. The first-order chi connectivity index (χ1) is 26.8. The maximum absolute atomic E-state index is 3.77. The van der Waals surface area contributed by atoms with Gasteiger partial charge >= 0.3 is 0 Å². The predicted molar refractivity (Wildman–Crippen MR) is 234 cm³/mol. The van der Waals surface area contributed by atoms with Crippen molar-refractivity contribution in [1.29, 1.82) is 0 Å². The normalized spacial score (nSPS) is 11.3. The lowest BCUT2D eigenvalue weighted by Crippen LogP contribution is -1.95. The van der Waals surface area contributed by atoms with Crippen LogP contribution in [0.5, 0.6) is 0 Å². The van der Waals surface area contributed by atoms with Gasteiger partial charge in [-0.2, -0.15) is 0 Å². The van der Waals surface area contributed by atoms with E-state index in [1.54, 1.807) is 0 Å². The lowest BCUT2D eigenvalue weighted by atomic mass is 9.88. The summed E-state index contributed by atoms with van der Waals surface area (Å²) in [6.45, 7) is 4.54. The van der Waals surface area contributed by atoms with Crippen molar-refractivity contribution in [3.63, 3.8) is 0 Å². The minimum absolute atomic E-state index is 1.05. The summed E-state index contributed by atoms with van der Waals surface area (Å²) in [5.74, 6) is 15.1. The van der Waals surface area contributed by atoms with E-state index in [2.05, 4.69) is 183 Å². The van der Waals surface area contributed by atoms with Crippen LogP contribution in [0.1, 0.15) is 72.9 Å². The van der Waals surface area contributed by atoms with Crippen molar-refractivity contribution in [2.24, 2.45) is 0 Å². The zero-order chi connectivity index (χ0) is 36.4. The second-order valence-corrected chi connectivity index (χ2v) is 14.4. The van der Waals surface area contributed by atoms with Crippen LogP contribution in [0.2, 0.25) is 0 Å². The van der Waals surface area contributed by atoms with Crippen LogP contribution < -0.4 is 0 Å². The topological polar surface area (TPSA) is 0 Å². The Morgan fingerprint density at radius 2 is 0.463 bits per heavy atom. The van der Waals surface area contributed by atoms with E-state index < -0.39 is 0 Å². The lowest BCUT2D eigenvalue weighted by molar-refractivity contribution is 0.802. The molecule has 0 atom stereocenters. The molecule has 0 spiro atoms. The van der Waals surface area contributed by atoms with E-state index >= 15 is 0 Å². The monoisotopic (exact) mass is 690 g/mol. The zero-order valence-electron chi connectivity index (χ0n) is 31.1. The van der Waals surface area contributed by atoms with Gasteiger partial charge in [0.25, 0.3) is 0 Å². The molecule has 0 amide bonds. The fourth-order valence-corrected chi connectivity index (χ4v) is 8.60. The average Bonchev–Trinajstić information content (AvgIpc) is 3.23. The quantitative estimate of drug-likeness (QED) is 0.120. The predicted octanol–water partition coefficient (Wildman–Crippen LogP) is 14.1. The Hall–Kier alpha value is -6.34. The largest absolute Gasteiger partial charge is 0.0654 e. The van der Waals surface area contributed by atoms with Crippen molar-refractivity contribution in [1.82, 2.24) is 0 Å². The van der Waals surface area contributed by atoms with E-state index in [1.165, 1.54) is 79.9 Å². The summed E-state index contributed by atoms with van der Waals surface area (Å²) in [6.07, 6.45) is 6.81. The van der Waals surface area contributed by atoms with Gasteiger partial charge in [0.15, 0.2) is 0 Å². The van der Waals surface area contributed by atoms with Gasteiger partial charge in [0, 0.05) is 22.3 Å². The van der Waals surface area contributed by atoms with Gasteiger partial charge in [-0.3, -0.25) is 0 Å². The maximum Gasteiger partial charge on any atom is 0.0406 e. The number of benzene rings is 9. The van der Waals surface area contributed by atoms with Crippen molar-refractivity contribution in [3.8, 4) is 23.7 Å². The summed E-state index contributed by atoms with van der Waals surface area (Å²) in [7, 11) is 0. The highest BCUT2D eigenvalue weighted by Gasteiger charge is 2.16. The summed E-state index contributed by atoms with van der Waals surface area (Å²) < 4.78 is 0. The molecule has 0 aliphatic carbocycles. The Morgan fingerprint density at radius 3 is 0.667 bits per heavy atom. The number of hydrogen-bond donors (Lipinski definition) is 0. The molecule has 258 valence electrons. The molecule has 54 heavy (non-hydrogen) atoms. The van der Waals surface area contributed by atoms with E-state index in [-0.39, 0.29) is 0 Å². The van der Waals surface area contributed by atoms with E-state index in [0.717, 1.165) is 56.6 Å². The first kappa shape index (κ1) is 33.5. The first-order valence-corrected chi connectivity index (χ1v) is 19.6. The van der Waals surface area contributed by atoms with Crippen molar-refractivity contribution >= 4 is 64.6 Å². The Morgan fingerprint density at radius 1 is 0.278 bits per heavy atom. The molecule has 0 radical (unpaired) electrons. The van der Waals surface area contributed by atoms with Gasteiger partial charge in [-0.25, -0.2) is 0 Å². The first-order valence-electron chi connectivity index (χ1n) is 19.6. The van der Waals surface area contributed by atoms with Crippen molar-refractivity contribution in [2.45, 2.75) is 52.4 Å². The molecule has 0 fully saturated rings. The Kier molecular flexibility index (Phi) is 9.05. The second kappa shape index (κ2) is 14.6. The molecule has 0 aromatic heterocycles. The van der Waals surface area contributed by atoms with E-state index in [9.17, 15) is 0 Å².